The molecule has 0 aliphatic rings. The molecule has 2 N–H and O–H groups in total. The first-order valence-electron chi connectivity index (χ1n) is 7.46. The summed E-state index contributed by atoms with van der Waals surface area (Å²) in [6, 6.07) is 0. The van der Waals surface area contributed by atoms with Crippen LogP contribution in [0.25, 0.3) is 11.2 Å². The first kappa shape index (κ1) is 17.9. The third-order valence-electron chi connectivity index (χ3n) is 3.09. The predicted molar refractivity (Wildman–Crippen MR) is 86.2 cm³/mol. The number of nitrogens with two attached hydrogens (primary N) is 1. The van der Waals surface area contributed by atoms with Crippen molar-refractivity contribution in [3.63, 3.8) is 0 Å². The van der Waals surface area contributed by atoms with Crippen LogP contribution in [-0.4, -0.2) is 44.7 Å². The number of aryl methyl sites for hydroxylation is 1. The van der Waals surface area contributed by atoms with Crippen LogP contribution in [-0.2, 0) is 25.6 Å². The Hall–Kier alpha value is -2.42. The van der Waals surface area contributed by atoms with Crippen molar-refractivity contribution in [2.45, 2.75) is 32.7 Å². The Kier molecular flexibility index (Phi) is 6.30. The Labute approximate surface area is 143 Å². The van der Waals surface area contributed by atoms with Crippen molar-refractivity contribution in [2.24, 2.45) is 0 Å². The minimum absolute atomic E-state index is 0.0189. The van der Waals surface area contributed by atoms with Crippen LogP contribution in [0, 0.1) is 0 Å². The minimum atomic E-state index is -0.385. The topological polar surface area (TPSA) is 122 Å². The third-order valence-corrected chi connectivity index (χ3v) is 3.36. The number of anilines is 1. The molecule has 0 unspecified atom stereocenters. The van der Waals surface area contributed by atoms with Gasteiger partial charge in [-0.25, -0.2) is 4.98 Å². The summed E-state index contributed by atoms with van der Waals surface area (Å²) >= 11 is 5.95. The first-order valence-corrected chi connectivity index (χ1v) is 7.84. The lowest BCUT2D eigenvalue weighted by atomic mass is 10.3. The van der Waals surface area contributed by atoms with Crippen LogP contribution in [0.4, 0.5) is 5.95 Å². The van der Waals surface area contributed by atoms with E-state index in [9.17, 15) is 9.59 Å². The Morgan fingerprint density at radius 3 is 2.75 bits per heavy atom. The van der Waals surface area contributed by atoms with Crippen molar-refractivity contribution < 1.29 is 19.1 Å². The molecule has 24 heavy (non-hydrogen) atoms. The van der Waals surface area contributed by atoms with Crippen molar-refractivity contribution in [1.82, 2.24) is 19.5 Å². The summed E-state index contributed by atoms with van der Waals surface area (Å²) in [7, 11) is 0. The molecule has 130 valence electrons. The normalized spacial score (nSPS) is 10.8. The lowest BCUT2D eigenvalue weighted by Gasteiger charge is -2.06. The lowest BCUT2D eigenvalue weighted by Crippen LogP contribution is -2.12. The van der Waals surface area contributed by atoms with Gasteiger partial charge in [-0.2, -0.15) is 9.97 Å². The zero-order valence-corrected chi connectivity index (χ0v) is 14.0. The van der Waals surface area contributed by atoms with Crippen LogP contribution in [0.15, 0.2) is 6.33 Å². The maximum atomic E-state index is 11.6. The molecule has 2 aromatic heterocycles. The summed E-state index contributed by atoms with van der Waals surface area (Å²) in [4.78, 5) is 34.8. The molecule has 0 saturated carbocycles. The van der Waals surface area contributed by atoms with Crippen molar-refractivity contribution in [3.05, 3.63) is 11.5 Å². The Morgan fingerprint density at radius 2 is 2.00 bits per heavy atom. The average Bonchev–Trinajstić information content (AvgIpc) is 2.91. The maximum absolute atomic E-state index is 11.6. The molecule has 0 amide bonds. The van der Waals surface area contributed by atoms with E-state index in [1.807, 2.05) is 0 Å². The fraction of sp³-hybridized carbons (Fsp3) is 0.500. The van der Waals surface area contributed by atoms with Crippen molar-refractivity contribution in [3.8, 4) is 0 Å². The van der Waals surface area contributed by atoms with E-state index in [-0.39, 0.29) is 42.5 Å². The average molecular weight is 356 g/mol. The van der Waals surface area contributed by atoms with Gasteiger partial charge < -0.3 is 19.8 Å². The zero-order chi connectivity index (χ0) is 17.5. The van der Waals surface area contributed by atoms with E-state index in [0.717, 1.165) is 0 Å². The van der Waals surface area contributed by atoms with Gasteiger partial charge in [0, 0.05) is 13.0 Å². The number of carbonyl (C=O) groups excluding carboxylic acids is 2. The summed E-state index contributed by atoms with van der Waals surface area (Å²) in [5.74, 6) is -0.701. The van der Waals surface area contributed by atoms with Gasteiger partial charge in [-0.3, -0.25) is 9.59 Å². The number of esters is 2. The summed E-state index contributed by atoms with van der Waals surface area (Å²) < 4.78 is 11.5. The van der Waals surface area contributed by atoms with Crippen molar-refractivity contribution in [2.75, 3.05) is 18.9 Å². The molecule has 9 nitrogen and oxygen atoms in total. The molecule has 0 aromatic carbocycles. The second-order valence-corrected chi connectivity index (χ2v) is 5.22. The zero-order valence-electron chi connectivity index (χ0n) is 13.2. The SMILES string of the molecule is CCOC(=O)CCOC(=O)CCCn1cnc2c(Cl)nc(N)nc21. The van der Waals surface area contributed by atoms with E-state index in [2.05, 4.69) is 15.0 Å². The van der Waals surface area contributed by atoms with E-state index in [4.69, 9.17) is 26.8 Å². The molecule has 10 heteroatoms. The van der Waals surface area contributed by atoms with Crippen LogP contribution in [0.2, 0.25) is 5.15 Å². The van der Waals surface area contributed by atoms with Gasteiger partial charge in [0.05, 0.1) is 19.4 Å². The standard InChI is InChI=1S/C14H18ClN5O4/c1-2-23-10(22)5-7-24-9(21)4-3-6-20-8-17-11-12(15)18-14(16)19-13(11)20/h8H,2-7H2,1H3,(H2,16,18,19). The van der Waals surface area contributed by atoms with E-state index in [1.165, 1.54) is 0 Å². The number of nitrogens with zero attached hydrogens (tertiary/aromatic N) is 4. The molecule has 0 bridgehead atoms. The number of aromatic nitrogens is 4. The van der Waals surface area contributed by atoms with Gasteiger partial charge in [0.25, 0.3) is 0 Å². The van der Waals surface area contributed by atoms with E-state index >= 15 is 0 Å². The van der Waals surface area contributed by atoms with Gasteiger partial charge in [-0.1, -0.05) is 11.6 Å². The third kappa shape index (κ3) is 4.79. The second-order valence-electron chi connectivity index (χ2n) is 4.86. The smallest absolute Gasteiger partial charge is 0.309 e. The van der Waals surface area contributed by atoms with Crippen LogP contribution >= 0.6 is 11.6 Å². The highest BCUT2D eigenvalue weighted by Crippen LogP contribution is 2.19. The Bertz CT molecular complexity index is 733. The van der Waals surface area contributed by atoms with Gasteiger partial charge in [0.2, 0.25) is 5.95 Å². The van der Waals surface area contributed by atoms with Crippen LogP contribution in [0.3, 0.4) is 0 Å². The molecule has 0 radical (unpaired) electrons. The molecule has 0 saturated heterocycles. The number of ether oxygens (including phenoxy) is 2. The molecule has 2 aromatic rings. The summed E-state index contributed by atoms with van der Waals surface area (Å²) in [6.45, 7) is 2.54. The lowest BCUT2D eigenvalue weighted by molar-refractivity contribution is -0.149. The Morgan fingerprint density at radius 1 is 1.25 bits per heavy atom. The van der Waals surface area contributed by atoms with Crippen molar-refractivity contribution in [1.29, 1.82) is 0 Å². The number of hydrogen-bond donors (Lipinski definition) is 1. The second kappa shape index (κ2) is 8.44. The summed E-state index contributed by atoms with van der Waals surface area (Å²) in [6.07, 6.45) is 2.35. The van der Waals surface area contributed by atoms with E-state index in [0.29, 0.717) is 30.7 Å². The predicted octanol–water partition coefficient (Wildman–Crippen LogP) is 1.34. The van der Waals surface area contributed by atoms with Crippen LogP contribution in [0.5, 0.6) is 0 Å². The summed E-state index contributed by atoms with van der Waals surface area (Å²) in [5, 5.41) is 0.189. The Balaban J connectivity index is 1.78. The largest absolute Gasteiger partial charge is 0.466 e. The van der Waals surface area contributed by atoms with Gasteiger partial charge in [0.1, 0.15) is 12.1 Å². The minimum Gasteiger partial charge on any atom is -0.466 e. The molecule has 0 atom stereocenters. The van der Waals surface area contributed by atoms with Crippen LogP contribution in [0.1, 0.15) is 26.2 Å². The number of halogens is 1. The molecule has 0 fully saturated rings. The number of hydrogen-bond acceptors (Lipinski definition) is 8. The molecular formula is C14H18ClN5O4. The van der Waals surface area contributed by atoms with Gasteiger partial charge in [0.15, 0.2) is 10.8 Å². The first-order chi connectivity index (χ1) is 11.5. The number of carbonyl (C=O) groups is 2. The molecule has 0 aliphatic heterocycles. The highest BCUT2D eigenvalue weighted by atomic mass is 35.5. The molecule has 0 spiro atoms. The van der Waals surface area contributed by atoms with Crippen molar-refractivity contribution >= 4 is 40.7 Å². The fourth-order valence-electron chi connectivity index (χ4n) is 2.04. The quantitative estimate of drug-likeness (QED) is 0.556. The monoisotopic (exact) mass is 355 g/mol. The van der Waals surface area contributed by atoms with Gasteiger partial charge in [-0.15, -0.1) is 0 Å². The van der Waals surface area contributed by atoms with Gasteiger partial charge in [-0.05, 0) is 13.3 Å². The maximum Gasteiger partial charge on any atom is 0.309 e. The highest BCUT2D eigenvalue weighted by molar-refractivity contribution is 6.33. The number of imidazole rings is 1. The van der Waals surface area contributed by atoms with Crippen LogP contribution < -0.4 is 5.73 Å². The molecule has 2 heterocycles. The van der Waals surface area contributed by atoms with E-state index in [1.54, 1.807) is 17.8 Å². The molecule has 0 aliphatic carbocycles. The summed E-state index contributed by atoms with van der Waals surface area (Å²) in [5.41, 5.74) is 6.55. The van der Waals surface area contributed by atoms with E-state index < -0.39 is 0 Å². The number of rotatable bonds is 8. The number of nitrogen functional groups attached to an aromatic ring is 1. The highest BCUT2D eigenvalue weighted by Gasteiger charge is 2.11. The molecule has 2 rings (SSSR count). The van der Waals surface area contributed by atoms with Gasteiger partial charge >= 0.3 is 11.9 Å². The fourth-order valence-corrected chi connectivity index (χ4v) is 2.26. The molecular weight excluding hydrogens is 338 g/mol. The number of fused-ring (bicyclic) bond motifs is 1.